The molecular formula is C16H20N2O2S. The highest BCUT2D eigenvalue weighted by molar-refractivity contribution is 7.89. The van der Waals surface area contributed by atoms with Gasteiger partial charge in [0.25, 0.3) is 0 Å². The summed E-state index contributed by atoms with van der Waals surface area (Å²) in [5, 5.41) is 3.20. The fraction of sp³-hybridized carbons (Fsp3) is 0.250. The Labute approximate surface area is 126 Å². The number of benzene rings is 2. The van der Waals surface area contributed by atoms with Crippen LogP contribution in [0.1, 0.15) is 16.7 Å². The smallest absolute Gasteiger partial charge is 0.242 e. The van der Waals surface area contributed by atoms with E-state index in [0.717, 1.165) is 5.56 Å². The minimum Gasteiger partial charge on any atom is -0.380 e. The lowest BCUT2D eigenvalue weighted by Crippen LogP contribution is -2.20. The molecule has 112 valence electrons. The van der Waals surface area contributed by atoms with E-state index in [1.165, 1.54) is 18.2 Å². The second kappa shape index (κ2) is 6.28. The highest BCUT2D eigenvalue weighted by Gasteiger charge is 2.15. The number of aryl methyl sites for hydroxylation is 2. The van der Waals surface area contributed by atoms with Gasteiger partial charge in [0.2, 0.25) is 10.0 Å². The molecule has 0 radical (unpaired) electrons. The fourth-order valence-corrected chi connectivity index (χ4v) is 2.98. The summed E-state index contributed by atoms with van der Waals surface area (Å²) in [7, 11) is -2.05. The molecule has 0 aliphatic carbocycles. The zero-order valence-corrected chi connectivity index (χ0v) is 13.3. The second-order valence-corrected chi connectivity index (χ2v) is 6.83. The number of rotatable bonds is 5. The highest BCUT2D eigenvalue weighted by Crippen LogP contribution is 2.21. The van der Waals surface area contributed by atoms with Crippen molar-refractivity contribution in [2.24, 2.45) is 0 Å². The van der Waals surface area contributed by atoms with Gasteiger partial charge in [0.1, 0.15) is 4.90 Å². The van der Waals surface area contributed by atoms with E-state index in [0.29, 0.717) is 12.2 Å². The molecule has 2 aromatic rings. The average molecular weight is 304 g/mol. The monoisotopic (exact) mass is 304 g/mol. The normalized spacial score (nSPS) is 11.4. The predicted molar refractivity (Wildman–Crippen MR) is 85.9 cm³/mol. The Morgan fingerprint density at radius 2 is 1.71 bits per heavy atom. The van der Waals surface area contributed by atoms with Crippen molar-refractivity contribution in [2.75, 3.05) is 12.4 Å². The van der Waals surface area contributed by atoms with Crippen LogP contribution in [0.15, 0.2) is 47.4 Å². The zero-order chi connectivity index (χ0) is 15.5. The molecule has 5 heteroatoms. The number of sulfonamides is 1. The molecule has 0 aromatic heterocycles. The maximum atomic E-state index is 12.0. The van der Waals surface area contributed by atoms with Crippen LogP contribution in [0, 0.1) is 13.8 Å². The molecule has 0 saturated carbocycles. The average Bonchev–Trinajstić information content (AvgIpc) is 2.49. The molecule has 0 atom stereocenters. The van der Waals surface area contributed by atoms with Gasteiger partial charge in [-0.15, -0.1) is 0 Å². The molecule has 2 rings (SSSR count). The van der Waals surface area contributed by atoms with Crippen LogP contribution in [-0.4, -0.2) is 15.5 Å². The highest BCUT2D eigenvalue weighted by atomic mass is 32.2. The first kappa shape index (κ1) is 15.5. The van der Waals surface area contributed by atoms with Crippen molar-refractivity contribution in [2.45, 2.75) is 25.3 Å². The molecule has 21 heavy (non-hydrogen) atoms. The first-order chi connectivity index (χ1) is 9.94. The third-order valence-electron chi connectivity index (χ3n) is 3.50. The van der Waals surface area contributed by atoms with Gasteiger partial charge in [-0.1, -0.05) is 30.3 Å². The number of anilines is 1. The van der Waals surface area contributed by atoms with Crippen molar-refractivity contribution in [3.63, 3.8) is 0 Å². The van der Waals surface area contributed by atoms with Crippen LogP contribution in [0.4, 0.5) is 5.69 Å². The molecule has 0 aliphatic heterocycles. The van der Waals surface area contributed by atoms with Crippen LogP contribution in [0.25, 0.3) is 0 Å². The summed E-state index contributed by atoms with van der Waals surface area (Å²) in [6.07, 6.45) is 0. The van der Waals surface area contributed by atoms with E-state index in [2.05, 4.69) is 36.0 Å². The van der Waals surface area contributed by atoms with Gasteiger partial charge in [0, 0.05) is 6.54 Å². The number of nitrogens with one attached hydrogen (secondary N) is 2. The first-order valence-electron chi connectivity index (χ1n) is 6.76. The van der Waals surface area contributed by atoms with Gasteiger partial charge >= 0.3 is 0 Å². The Morgan fingerprint density at radius 1 is 1.00 bits per heavy atom. The van der Waals surface area contributed by atoms with Crippen LogP contribution in [0.5, 0.6) is 0 Å². The third-order valence-corrected chi connectivity index (χ3v) is 4.97. The quantitative estimate of drug-likeness (QED) is 0.893. The van der Waals surface area contributed by atoms with Crippen LogP contribution < -0.4 is 10.0 Å². The molecule has 0 saturated heterocycles. The number of hydrogen-bond donors (Lipinski definition) is 2. The van der Waals surface area contributed by atoms with Crippen LogP contribution in [0.2, 0.25) is 0 Å². The Balaban J connectivity index is 2.23. The van der Waals surface area contributed by atoms with Crippen LogP contribution in [0.3, 0.4) is 0 Å². The van der Waals surface area contributed by atoms with E-state index >= 15 is 0 Å². The van der Waals surface area contributed by atoms with E-state index in [-0.39, 0.29) is 4.90 Å². The van der Waals surface area contributed by atoms with Crippen molar-refractivity contribution in [1.29, 1.82) is 0 Å². The Hall–Kier alpha value is -1.85. The molecule has 0 bridgehead atoms. The van der Waals surface area contributed by atoms with E-state index < -0.39 is 10.0 Å². The lowest BCUT2D eigenvalue weighted by Gasteiger charge is -2.12. The molecule has 2 aromatic carbocycles. The molecule has 0 heterocycles. The Kier molecular flexibility index (Phi) is 4.65. The summed E-state index contributed by atoms with van der Waals surface area (Å²) in [4.78, 5) is 0.260. The van der Waals surface area contributed by atoms with Gasteiger partial charge in [-0.3, -0.25) is 0 Å². The molecule has 0 spiro atoms. The molecule has 0 aliphatic rings. The standard InChI is InChI=1S/C16H20N2O2S/c1-12-8-9-14(10-13(12)2)11-18-15-6-4-5-7-16(15)21(19,20)17-3/h4-10,17-18H,11H2,1-3H3. The summed E-state index contributed by atoms with van der Waals surface area (Å²) in [5.74, 6) is 0. The zero-order valence-electron chi connectivity index (χ0n) is 12.5. The van der Waals surface area contributed by atoms with Gasteiger partial charge in [0.15, 0.2) is 0 Å². The molecule has 4 nitrogen and oxygen atoms in total. The summed E-state index contributed by atoms with van der Waals surface area (Å²) >= 11 is 0. The van der Waals surface area contributed by atoms with E-state index in [1.54, 1.807) is 18.2 Å². The van der Waals surface area contributed by atoms with Crippen molar-refractivity contribution in [1.82, 2.24) is 4.72 Å². The summed E-state index contributed by atoms with van der Waals surface area (Å²) < 4.78 is 26.3. The second-order valence-electron chi connectivity index (χ2n) is 4.98. The van der Waals surface area contributed by atoms with Gasteiger partial charge in [0.05, 0.1) is 5.69 Å². The molecule has 0 amide bonds. The first-order valence-corrected chi connectivity index (χ1v) is 8.25. The summed E-state index contributed by atoms with van der Waals surface area (Å²) in [6.45, 7) is 4.72. The maximum Gasteiger partial charge on any atom is 0.242 e. The minimum absolute atomic E-state index is 0.260. The predicted octanol–water partition coefficient (Wildman–Crippen LogP) is 2.82. The van der Waals surface area contributed by atoms with Crippen LogP contribution >= 0.6 is 0 Å². The number of para-hydroxylation sites is 1. The van der Waals surface area contributed by atoms with E-state index in [9.17, 15) is 8.42 Å². The lowest BCUT2D eigenvalue weighted by atomic mass is 10.1. The maximum absolute atomic E-state index is 12.0. The fourth-order valence-electron chi connectivity index (χ4n) is 2.07. The van der Waals surface area contributed by atoms with Gasteiger partial charge < -0.3 is 5.32 Å². The van der Waals surface area contributed by atoms with Crippen molar-refractivity contribution in [3.05, 3.63) is 59.2 Å². The van der Waals surface area contributed by atoms with E-state index in [1.807, 2.05) is 12.1 Å². The van der Waals surface area contributed by atoms with Crippen molar-refractivity contribution >= 4 is 15.7 Å². The molecule has 0 fully saturated rings. The number of hydrogen-bond acceptors (Lipinski definition) is 3. The molecule has 2 N–H and O–H groups in total. The van der Waals surface area contributed by atoms with Crippen LogP contribution in [-0.2, 0) is 16.6 Å². The summed E-state index contributed by atoms with van der Waals surface area (Å²) in [5.41, 5.74) is 4.20. The van der Waals surface area contributed by atoms with Gasteiger partial charge in [-0.25, -0.2) is 13.1 Å². The summed E-state index contributed by atoms with van der Waals surface area (Å²) in [6, 6.07) is 13.1. The Bertz CT molecular complexity index is 740. The Morgan fingerprint density at radius 3 is 2.38 bits per heavy atom. The van der Waals surface area contributed by atoms with Crippen molar-refractivity contribution in [3.8, 4) is 0 Å². The lowest BCUT2D eigenvalue weighted by molar-refractivity contribution is 0.588. The van der Waals surface area contributed by atoms with Gasteiger partial charge in [-0.2, -0.15) is 0 Å². The SMILES string of the molecule is CNS(=O)(=O)c1ccccc1NCc1ccc(C)c(C)c1. The molecule has 0 unspecified atom stereocenters. The van der Waals surface area contributed by atoms with Crippen molar-refractivity contribution < 1.29 is 8.42 Å². The van der Waals surface area contributed by atoms with E-state index in [4.69, 9.17) is 0 Å². The minimum atomic E-state index is -3.46. The topological polar surface area (TPSA) is 58.2 Å². The third kappa shape index (κ3) is 3.62. The molecular weight excluding hydrogens is 284 g/mol. The largest absolute Gasteiger partial charge is 0.380 e. The van der Waals surface area contributed by atoms with Gasteiger partial charge in [-0.05, 0) is 49.7 Å².